The quantitative estimate of drug-likeness (QED) is 0.350. The standard InChI is InChI=1S/C26H35NO2/c1-2-20-28-25-14-10-19-27(22-25)18-8-9-21-29-26-15-7-6-13-24(26)17-16-23-11-4-3-5-12-23/h3-7,11-13,15-17,25H,2,8-10,14,18-22H2,1H3/b17-16+. The maximum absolute atomic E-state index is 6.09. The van der Waals surface area contributed by atoms with E-state index in [-0.39, 0.29) is 0 Å². The lowest BCUT2D eigenvalue weighted by Gasteiger charge is -2.32. The molecule has 1 heterocycles. The SMILES string of the molecule is CCCOC1CCCN(CCCCOc2ccccc2/C=C/c2ccccc2)C1. The second-order valence-electron chi connectivity index (χ2n) is 7.77. The highest BCUT2D eigenvalue weighted by atomic mass is 16.5. The molecule has 1 atom stereocenters. The van der Waals surface area contributed by atoms with Crippen LogP contribution in [0.3, 0.4) is 0 Å². The van der Waals surface area contributed by atoms with E-state index < -0.39 is 0 Å². The summed E-state index contributed by atoms with van der Waals surface area (Å²) in [7, 11) is 0. The van der Waals surface area contributed by atoms with Crippen LogP contribution in [-0.4, -0.2) is 43.9 Å². The Morgan fingerprint density at radius 1 is 0.966 bits per heavy atom. The number of nitrogens with zero attached hydrogens (tertiary/aromatic N) is 1. The first kappa shape index (κ1) is 21.6. The van der Waals surface area contributed by atoms with Crippen LogP contribution >= 0.6 is 0 Å². The van der Waals surface area contributed by atoms with Gasteiger partial charge in [0.05, 0.1) is 12.7 Å². The summed E-state index contributed by atoms with van der Waals surface area (Å²) < 4.78 is 12.0. The third kappa shape index (κ3) is 7.68. The molecule has 0 amide bonds. The predicted molar refractivity (Wildman–Crippen MR) is 122 cm³/mol. The van der Waals surface area contributed by atoms with Gasteiger partial charge in [-0.3, -0.25) is 0 Å². The van der Waals surface area contributed by atoms with Crippen LogP contribution in [0.5, 0.6) is 5.75 Å². The number of rotatable bonds is 11. The van der Waals surface area contributed by atoms with Crippen molar-refractivity contribution in [2.45, 2.75) is 45.1 Å². The molecule has 1 aliphatic heterocycles. The van der Waals surface area contributed by atoms with E-state index in [0.717, 1.165) is 50.5 Å². The fraction of sp³-hybridized carbons (Fsp3) is 0.462. The number of ether oxygens (including phenoxy) is 2. The van der Waals surface area contributed by atoms with E-state index in [9.17, 15) is 0 Å². The maximum Gasteiger partial charge on any atom is 0.126 e. The molecule has 0 N–H and O–H groups in total. The van der Waals surface area contributed by atoms with E-state index in [1.807, 2.05) is 12.1 Å². The van der Waals surface area contributed by atoms with Gasteiger partial charge in [-0.1, -0.05) is 67.6 Å². The summed E-state index contributed by atoms with van der Waals surface area (Å²) in [5.74, 6) is 0.964. The number of piperidine rings is 1. The molecule has 0 radical (unpaired) electrons. The van der Waals surface area contributed by atoms with E-state index >= 15 is 0 Å². The minimum atomic E-state index is 0.434. The van der Waals surface area contributed by atoms with E-state index in [4.69, 9.17) is 9.47 Å². The highest BCUT2D eigenvalue weighted by Gasteiger charge is 2.19. The maximum atomic E-state index is 6.09. The highest BCUT2D eigenvalue weighted by molar-refractivity contribution is 5.72. The third-order valence-corrected chi connectivity index (χ3v) is 5.32. The molecular weight excluding hydrogens is 358 g/mol. The summed E-state index contributed by atoms with van der Waals surface area (Å²) in [4.78, 5) is 2.56. The first-order valence-corrected chi connectivity index (χ1v) is 11.1. The Balaban J connectivity index is 1.39. The molecule has 3 heteroatoms. The first-order valence-electron chi connectivity index (χ1n) is 11.1. The molecule has 2 aromatic carbocycles. The van der Waals surface area contributed by atoms with Gasteiger partial charge in [0.2, 0.25) is 0 Å². The Kier molecular flexibility index (Phi) is 9.28. The Morgan fingerprint density at radius 2 is 1.79 bits per heavy atom. The monoisotopic (exact) mass is 393 g/mol. The zero-order valence-electron chi connectivity index (χ0n) is 17.8. The molecule has 3 rings (SSSR count). The number of likely N-dealkylation sites (tertiary alicyclic amines) is 1. The van der Waals surface area contributed by atoms with Gasteiger partial charge < -0.3 is 14.4 Å². The van der Waals surface area contributed by atoms with Gasteiger partial charge in [-0.15, -0.1) is 0 Å². The molecule has 1 fully saturated rings. The van der Waals surface area contributed by atoms with Crippen molar-refractivity contribution in [3.8, 4) is 5.75 Å². The molecule has 3 nitrogen and oxygen atoms in total. The number of hydrogen-bond donors (Lipinski definition) is 0. The second-order valence-corrected chi connectivity index (χ2v) is 7.77. The smallest absolute Gasteiger partial charge is 0.126 e. The van der Waals surface area contributed by atoms with Crippen LogP contribution in [0.1, 0.15) is 50.2 Å². The Morgan fingerprint density at radius 3 is 2.66 bits per heavy atom. The lowest BCUT2D eigenvalue weighted by Crippen LogP contribution is -2.40. The van der Waals surface area contributed by atoms with Gasteiger partial charge in [0.15, 0.2) is 0 Å². The van der Waals surface area contributed by atoms with Gasteiger partial charge in [0.25, 0.3) is 0 Å². The van der Waals surface area contributed by atoms with Gasteiger partial charge in [-0.2, -0.15) is 0 Å². The average molecular weight is 394 g/mol. The van der Waals surface area contributed by atoms with Crippen LogP contribution in [0.4, 0.5) is 0 Å². The van der Waals surface area contributed by atoms with E-state index in [0.29, 0.717) is 6.10 Å². The van der Waals surface area contributed by atoms with E-state index in [1.165, 1.54) is 31.4 Å². The van der Waals surface area contributed by atoms with Gasteiger partial charge in [-0.05, 0) is 56.8 Å². The number of benzene rings is 2. The summed E-state index contributed by atoms with van der Waals surface area (Å²) in [6.45, 7) is 7.28. The Labute approximate surface area is 176 Å². The molecule has 29 heavy (non-hydrogen) atoms. The fourth-order valence-corrected chi connectivity index (χ4v) is 3.76. The van der Waals surface area contributed by atoms with Crippen molar-refractivity contribution in [1.29, 1.82) is 0 Å². The van der Waals surface area contributed by atoms with Crippen LogP contribution in [-0.2, 0) is 4.74 Å². The molecule has 1 unspecified atom stereocenters. The van der Waals surface area contributed by atoms with Crippen molar-refractivity contribution < 1.29 is 9.47 Å². The van der Waals surface area contributed by atoms with Crippen LogP contribution in [0.25, 0.3) is 12.2 Å². The highest BCUT2D eigenvalue weighted by Crippen LogP contribution is 2.21. The number of unbranched alkanes of at least 4 members (excludes halogenated alkanes) is 1. The van der Waals surface area contributed by atoms with Crippen molar-refractivity contribution >= 4 is 12.2 Å². The molecule has 156 valence electrons. The largest absolute Gasteiger partial charge is 0.493 e. The molecule has 1 saturated heterocycles. The van der Waals surface area contributed by atoms with Crippen LogP contribution in [0.15, 0.2) is 54.6 Å². The van der Waals surface area contributed by atoms with Crippen molar-refractivity contribution in [2.24, 2.45) is 0 Å². The summed E-state index contributed by atoms with van der Waals surface area (Å²) in [5, 5.41) is 0. The van der Waals surface area contributed by atoms with Crippen LogP contribution < -0.4 is 4.74 Å². The summed E-state index contributed by atoms with van der Waals surface area (Å²) in [6, 6.07) is 18.6. The van der Waals surface area contributed by atoms with Gasteiger partial charge in [0.1, 0.15) is 5.75 Å². The Hall–Kier alpha value is -2.10. The zero-order chi connectivity index (χ0) is 20.2. The second kappa shape index (κ2) is 12.5. The summed E-state index contributed by atoms with van der Waals surface area (Å²) >= 11 is 0. The van der Waals surface area contributed by atoms with E-state index in [1.54, 1.807) is 0 Å². The minimum Gasteiger partial charge on any atom is -0.493 e. The number of para-hydroxylation sites is 1. The molecule has 0 bridgehead atoms. The molecule has 0 aromatic heterocycles. The lowest BCUT2D eigenvalue weighted by molar-refractivity contribution is -0.000503. The molecule has 2 aromatic rings. The minimum absolute atomic E-state index is 0.434. The van der Waals surface area contributed by atoms with Crippen molar-refractivity contribution in [3.05, 3.63) is 65.7 Å². The normalized spacial score (nSPS) is 17.6. The molecular formula is C26H35NO2. The molecule has 0 aliphatic carbocycles. The molecule has 1 aliphatic rings. The Bertz CT molecular complexity index is 728. The van der Waals surface area contributed by atoms with Crippen molar-refractivity contribution in [3.63, 3.8) is 0 Å². The van der Waals surface area contributed by atoms with E-state index in [2.05, 4.69) is 66.4 Å². The zero-order valence-corrected chi connectivity index (χ0v) is 17.8. The lowest BCUT2D eigenvalue weighted by atomic mass is 10.1. The first-order chi connectivity index (χ1) is 14.3. The molecule has 0 saturated carbocycles. The fourth-order valence-electron chi connectivity index (χ4n) is 3.76. The van der Waals surface area contributed by atoms with Gasteiger partial charge in [-0.25, -0.2) is 0 Å². The average Bonchev–Trinajstić information content (AvgIpc) is 2.78. The summed E-state index contributed by atoms with van der Waals surface area (Å²) in [5.41, 5.74) is 2.33. The van der Waals surface area contributed by atoms with Crippen molar-refractivity contribution in [1.82, 2.24) is 4.90 Å². The number of hydrogen-bond acceptors (Lipinski definition) is 3. The van der Waals surface area contributed by atoms with Gasteiger partial charge >= 0.3 is 0 Å². The van der Waals surface area contributed by atoms with Crippen LogP contribution in [0.2, 0.25) is 0 Å². The molecule has 0 spiro atoms. The van der Waals surface area contributed by atoms with Crippen LogP contribution in [0, 0.1) is 0 Å². The van der Waals surface area contributed by atoms with Gasteiger partial charge in [0, 0.05) is 18.7 Å². The van der Waals surface area contributed by atoms with Crippen molar-refractivity contribution in [2.75, 3.05) is 32.8 Å². The summed E-state index contributed by atoms with van der Waals surface area (Å²) in [6.07, 6.45) is 10.5. The third-order valence-electron chi connectivity index (χ3n) is 5.32. The predicted octanol–water partition coefficient (Wildman–Crippen LogP) is 5.91. The topological polar surface area (TPSA) is 21.7 Å².